The molecular formula is C22H26FN3O4. The molecule has 0 bridgehead atoms. The van der Waals surface area contributed by atoms with Crippen molar-refractivity contribution < 1.29 is 23.9 Å². The van der Waals surface area contributed by atoms with Crippen LogP contribution >= 0.6 is 0 Å². The number of nitrogens with zero attached hydrogens (tertiary/aromatic N) is 1. The Balaban J connectivity index is 1.83. The van der Waals surface area contributed by atoms with Crippen LogP contribution in [0.25, 0.3) is 0 Å². The number of rotatable bonds is 5. The number of carbonyl (C=O) groups is 3. The SMILES string of the molecule is Cc1cc(NC(=O)c2c(C)c(C(=O)C(=O)N[C@@H]3CC[C@@H](O)C3)n(C)c2C)ccc1F. The molecule has 0 spiro atoms. The maximum absolute atomic E-state index is 13.5. The molecule has 1 saturated carbocycles. The summed E-state index contributed by atoms with van der Waals surface area (Å²) in [7, 11) is 1.63. The predicted molar refractivity (Wildman–Crippen MR) is 110 cm³/mol. The lowest BCUT2D eigenvalue weighted by Gasteiger charge is -2.12. The molecule has 2 aromatic rings. The highest BCUT2D eigenvalue weighted by Gasteiger charge is 2.31. The second-order valence-electron chi connectivity index (χ2n) is 7.88. The molecule has 2 amide bonds. The van der Waals surface area contributed by atoms with Crippen LogP contribution in [0.5, 0.6) is 0 Å². The normalized spacial score (nSPS) is 18.3. The van der Waals surface area contributed by atoms with Gasteiger partial charge >= 0.3 is 0 Å². The fraction of sp³-hybridized carbons (Fsp3) is 0.409. The van der Waals surface area contributed by atoms with Crippen molar-refractivity contribution in [1.29, 1.82) is 0 Å². The minimum absolute atomic E-state index is 0.143. The summed E-state index contributed by atoms with van der Waals surface area (Å²) < 4.78 is 15.0. The molecule has 2 atom stereocenters. The first-order valence-corrected chi connectivity index (χ1v) is 9.86. The van der Waals surface area contributed by atoms with Crippen LogP contribution in [0.2, 0.25) is 0 Å². The van der Waals surface area contributed by atoms with Gasteiger partial charge in [0.15, 0.2) is 0 Å². The van der Waals surface area contributed by atoms with E-state index in [4.69, 9.17) is 0 Å². The van der Waals surface area contributed by atoms with Crippen LogP contribution in [0.3, 0.4) is 0 Å². The van der Waals surface area contributed by atoms with Gasteiger partial charge in [-0.2, -0.15) is 0 Å². The molecular weight excluding hydrogens is 389 g/mol. The van der Waals surface area contributed by atoms with E-state index in [0.29, 0.717) is 47.3 Å². The minimum atomic E-state index is -0.751. The van der Waals surface area contributed by atoms with E-state index in [-0.39, 0.29) is 17.6 Å². The Kier molecular flexibility index (Phi) is 6.07. The van der Waals surface area contributed by atoms with Crippen LogP contribution in [-0.4, -0.2) is 39.4 Å². The molecule has 3 rings (SSSR count). The number of nitrogens with one attached hydrogen (secondary N) is 2. The highest BCUT2D eigenvalue weighted by molar-refractivity contribution is 6.43. The summed E-state index contributed by atoms with van der Waals surface area (Å²) in [5.41, 5.74) is 2.22. The molecule has 8 heteroatoms. The van der Waals surface area contributed by atoms with Gasteiger partial charge in [0.25, 0.3) is 17.6 Å². The van der Waals surface area contributed by atoms with Crippen molar-refractivity contribution in [2.45, 2.75) is 52.2 Å². The number of ketones is 1. The van der Waals surface area contributed by atoms with Gasteiger partial charge < -0.3 is 20.3 Å². The monoisotopic (exact) mass is 415 g/mol. The maximum atomic E-state index is 13.5. The zero-order valence-electron chi connectivity index (χ0n) is 17.5. The van der Waals surface area contributed by atoms with Crippen LogP contribution < -0.4 is 10.6 Å². The van der Waals surface area contributed by atoms with Crippen molar-refractivity contribution in [3.63, 3.8) is 0 Å². The van der Waals surface area contributed by atoms with Crippen LogP contribution in [0, 0.1) is 26.6 Å². The van der Waals surface area contributed by atoms with E-state index in [0.717, 1.165) is 0 Å². The highest BCUT2D eigenvalue weighted by atomic mass is 19.1. The van der Waals surface area contributed by atoms with Crippen LogP contribution in [0.15, 0.2) is 18.2 Å². The van der Waals surface area contributed by atoms with E-state index in [2.05, 4.69) is 10.6 Å². The molecule has 1 aliphatic carbocycles. The van der Waals surface area contributed by atoms with Crippen LogP contribution in [0.4, 0.5) is 10.1 Å². The first-order valence-electron chi connectivity index (χ1n) is 9.86. The average molecular weight is 415 g/mol. The largest absolute Gasteiger partial charge is 0.393 e. The van der Waals surface area contributed by atoms with Gasteiger partial charge in [-0.1, -0.05) is 0 Å². The van der Waals surface area contributed by atoms with Gasteiger partial charge in [0.05, 0.1) is 17.4 Å². The van der Waals surface area contributed by atoms with E-state index in [1.807, 2.05) is 0 Å². The third-order valence-corrected chi connectivity index (χ3v) is 5.73. The van der Waals surface area contributed by atoms with Crippen molar-refractivity contribution in [2.75, 3.05) is 5.32 Å². The number of amides is 2. The van der Waals surface area contributed by atoms with Crippen molar-refractivity contribution in [1.82, 2.24) is 9.88 Å². The third kappa shape index (κ3) is 4.14. The lowest BCUT2D eigenvalue weighted by molar-refractivity contribution is -0.117. The Bertz CT molecular complexity index is 1030. The molecule has 1 aromatic carbocycles. The van der Waals surface area contributed by atoms with E-state index < -0.39 is 23.7 Å². The summed E-state index contributed by atoms with van der Waals surface area (Å²) in [5.74, 6) is -2.28. The summed E-state index contributed by atoms with van der Waals surface area (Å²) in [5, 5.41) is 15.0. The zero-order chi connectivity index (χ0) is 22.2. The van der Waals surface area contributed by atoms with Gasteiger partial charge in [-0.25, -0.2) is 4.39 Å². The number of carbonyl (C=O) groups excluding carboxylic acids is 3. The molecule has 7 nitrogen and oxygen atoms in total. The first kappa shape index (κ1) is 21.7. The molecule has 160 valence electrons. The fourth-order valence-corrected chi connectivity index (χ4v) is 4.00. The number of aromatic nitrogens is 1. The quantitative estimate of drug-likeness (QED) is 0.516. The number of Topliss-reactive ketones (excluding diaryl/α,β-unsaturated/α-hetero) is 1. The van der Waals surface area contributed by atoms with Crippen LogP contribution in [0.1, 0.15) is 56.9 Å². The summed E-state index contributed by atoms with van der Waals surface area (Å²) in [6.07, 6.45) is 1.18. The Morgan fingerprint density at radius 2 is 1.87 bits per heavy atom. The second kappa shape index (κ2) is 8.39. The first-order chi connectivity index (χ1) is 14.1. The summed E-state index contributed by atoms with van der Waals surface area (Å²) in [6, 6.07) is 4.02. The van der Waals surface area contributed by atoms with Gasteiger partial charge in [0.1, 0.15) is 5.82 Å². The summed E-state index contributed by atoms with van der Waals surface area (Å²) in [6.45, 7) is 4.92. The molecule has 0 aliphatic heterocycles. The van der Waals surface area contributed by atoms with Crippen molar-refractivity contribution in [2.24, 2.45) is 7.05 Å². The number of hydrogen-bond donors (Lipinski definition) is 3. The number of anilines is 1. The standard InChI is InChI=1S/C22H26FN3O4/c1-11-9-14(6-8-17(11)23)24-21(29)18-12(2)19(26(4)13(18)3)20(28)22(30)25-15-5-7-16(27)10-15/h6,8-9,15-16,27H,5,7,10H2,1-4H3,(H,24,29)(H,25,30)/t15-,16-/m1/s1. The lowest BCUT2D eigenvalue weighted by Crippen LogP contribution is -2.39. The van der Waals surface area contributed by atoms with Gasteiger partial charge in [-0.05, 0) is 69.4 Å². The lowest BCUT2D eigenvalue weighted by atomic mass is 10.1. The number of aliphatic hydroxyl groups excluding tert-OH is 1. The number of hydrogen-bond acceptors (Lipinski definition) is 4. The van der Waals surface area contributed by atoms with E-state index >= 15 is 0 Å². The Morgan fingerprint density at radius 1 is 1.17 bits per heavy atom. The van der Waals surface area contributed by atoms with Gasteiger partial charge in [-0.3, -0.25) is 14.4 Å². The fourth-order valence-electron chi connectivity index (χ4n) is 4.00. The summed E-state index contributed by atoms with van der Waals surface area (Å²) >= 11 is 0. The molecule has 3 N–H and O–H groups in total. The Hall–Kier alpha value is -3.00. The maximum Gasteiger partial charge on any atom is 0.294 e. The summed E-state index contributed by atoms with van der Waals surface area (Å²) in [4.78, 5) is 38.2. The molecule has 0 unspecified atom stereocenters. The number of halogens is 1. The van der Waals surface area contributed by atoms with Crippen molar-refractivity contribution in [3.8, 4) is 0 Å². The van der Waals surface area contributed by atoms with Crippen molar-refractivity contribution in [3.05, 3.63) is 52.1 Å². The van der Waals surface area contributed by atoms with E-state index in [1.54, 1.807) is 27.8 Å². The molecule has 1 fully saturated rings. The Morgan fingerprint density at radius 3 is 2.47 bits per heavy atom. The van der Waals surface area contributed by atoms with E-state index in [9.17, 15) is 23.9 Å². The second-order valence-corrected chi connectivity index (χ2v) is 7.88. The molecule has 1 aliphatic rings. The topological polar surface area (TPSA) is 100 Å². The zero-order valence-corrected chi connectivity index (χ0v) is 17.5. The van der Waals surface area contributed by atoms with Gasteiger partial charge in [-0.15, -0.1) is 0 Å². The molecule has 1 aromatic heterocycles. The van der Waals surface area contributed by atoms with E-state index in [1.165, 1.54) is 22.8 Å². The van der Waals surface area contributed by atoms with Gasteiger partial charge in [0, 0.05) is 24.5 Å². The number of aryl methyl sites for hydroxylation is 1. The smallest absolute Gasteiger partial charge is 0.294 e. The molecule has 0 radical (unpaired) electrons. The molecule has 30 heavy (non-hydrogen) atoms. The molecule has 1 heterocycles. The third-order valence-electron chi connectivity index (χ3n) is 5.73. The van der Waals surface area contributed by atoms with Gasteiger partial charge in [0.2, 0.25) is 0 Å². The number of aliphatic hydroxyl groups is 1. The predicted octanol–water partition coefficient (Wildman–Crippen LogP) is 2.55. The molecule has 0 saturated heterocycles. The highest BCUT2D eigenvalue weighted by Crippen LogP contribution is 2.24. The Labute approximate surface area is 174 Å². The van der Waals surface area contributed by atoms with Crippen LogP contribution in [-0.2, 0) is 11.8 Å². The average Bonchev–Trinajstić information content (AvgIpc) is 3.18. The van der Waals surface area contributed by atoms with Crippen molar-refractivity contribution >= 4 is 23.3 Å². The number of benzene rings is 1. The minimum Gasteiger partial charge on any atom is -0.393 e.